The van der Waals surface area contributed by atoms with E-state index in [1.807, 2.05) is 0 Å². The molecule has 0 saturated carbocycles. The maximum Gasteiger partial charge on any atom is 0.226 e. The zero-order valence-electron chi connectivity index (χ0n) is 7.44. The molecule has 0 bridgehead atoms. The summed E-state index contributed by atoms with van der Waals surface area (Å²) in [5.74, 6) is 0.615. The van der Waals surface area contributed by atoms with Gasteiger partial charge < -0.3 is 0 Å². The summed E-state index contributed by atoms with van der Waals surface area (Å²) >= 11 is 0. The van der Waals surface area contributed by atoms with Crippen molar-refractivity contribution in [3.8, 4) is 6.19 Å². The zero-order chi connectivity index (χ0) is 9.19. The second-order valence-corrected chi connectivity index (χ2v) is 3.83. The molecule has 0 fully saturated rings. The van der Waals surface area contributed by atoms with Gasteiger partial charge in [0.05, 0.1) is 0 Å². The molecule has 0 atom stereocenters. The van der Waals surface area contributed by atoms with E-state index in [2.05, 4.69) is 36.2 Å². The average molecular weight is 165 g/mol. The van der Waals surface area contributed by atoms with Crippen molar-refractivity contribution in [3.05, 3.63) is 5.82 Å². The van der Waals surface area contributed by atoms with E-state index in [-0.39, 0.29) is 5.41 Å². The van der Waals surface area contributed by atoms with Crippen molar-refractivity contribution in [2.24, 2.45) is 5.41 Å². The summed E-state index contributed by atoms with van der Waals surface area (Å²) < 4.78 is 0. The smallest absolute Gasteiger partial charge is 0.169 e. The van der Waals surface area contributed by atoms with Gasteiger partial charge in [0.1, 0.15) is 0 Å². The van der Waals surface area contributed by atoms with Crippen LogP contribution in [-0.4, -0.2) is 20.2 Å². The van der Waals surface area contributed by atoms with E-state index in [1.165, 1.54) is 0 Å². The Morgan fingerprint density at radius 1 is 1.50 bits per heavy atom. The first-order valence-corrected chi connectivity index (χ1v) is 3.70. The van der Waals surface area contributed by atoms with E-state index in [0.29, 0.717) is 5.82 Å². The van der Waals surface area contributed by atoms with Crippen molar-refractivity contribution in [2.75, 3.05) is 0 Å². The second-order valence-electron chi connectivity index (χ2n) is 3.83. The van der Waals surface area contributed by atoms with E-state index in [0.717, 1.165) is 11.2 Å². The first-order chi connectivity index (χ1) is 5.51. The van der Waals surface area contributed by atoms with E-state index in [4.69, 9.17) is 5.26 Å². The Hall–Kier alpha value is -1.44. The normalized spacial score (nSPS) is 11.2. The molecule has 0 amide bonds. The van der Waals surface area contributed by atoms with E-state index < -0.39 is 0 Å². The van der Waals surface area contributed by atoms with Crippen molar-refractivity contribution in [1.82, 2.24) is 20.2 Å². The maximum atomic E-state index is 8.40. The molecule has 64 valence electrons. The van der Waals surface area contributed by atoms with E-state index in [1.54, 1.807) is 6.19 Å². The lowest BCUT2D eigenvalue weighted by Gasteiger charge is -2.14. The van der Waals surface area contributed by atoms with Gasteiger partial charge in [-0.25, -0.2) is 0 Å². The van der Waals surface area contributed by atoms with Gasteiger partial charge in [0.25, 0.3) is 0 Å². The molecule has 0 N–H and O–H groups in total. The molecular formula is C7H11N5. The topological polar surface area (TPSA) is 67.4 Å². The predicted octanol–water partition coefficient (Wildman–Crippen LogP) is 0.591. The van der Waals surface area contributed by atoms with E-state index in [9.17, 15) is 0 Å². The SMILES string of the molecule is CC(C)(C)Cc1nnn(C#N)n1. The molecule has 0 aliphatic heterocycles. The van der Waals surface area contributed by atoms with Crippen LogP contribution in [0.4, 0.5) is 0 Å². The van der Waals surface area contributed by atoms with Crippen molar-refractivity contribution in [1.29, 1.82) is 5.26 Å². The summed E-state index contributed by atoms with van der Waals surface area (Å²) in [6.07, 6.45) is 2.50. The molecule has 12 heavy (non-hydrogen) atoms. The molecule has 0 spiro atoms. The van der Waals surface area contributed by atoms with Crippen LogP contribution in [0.1, 0.15) is 26.6 Å². The van der Waals surface area contributed by atoms with Gasteiger partial charge in [0, 0.05) is 6.42 Å². The lowest BCUT2D eigenvalue weighted by molar-refractivity contribution is 0.400. The number of nitriles is 1. The molecule has 0 aromatic carbocycles. The lowest BCUT2D eigenvalue weighted by Crippen LogP contribution is -2.10. The molecular weight excluding hydrogens is 154 g/mol. The van der Waals surface area contributed by atoms with Crippen LogP contribution in [0.3, 0.4) is 0 Å². The first-order valence-electron chi connectivity index (χ1n) is 3.70. The third-order valence-electron chi connectivity index (χ3n) is 1.23. The van der Waals surface area contributed by atoms with Crippen molar-refractivity contribution < 1.29 is 0 Å². The summed E-state index contributed by atoms with van der Waals surface area (Å²) in [5.41, 5.74) is 0.128. The number of hydrogen-bond acceptors (Lipinski definition) is 4. The standard InChI is InChI=1S/C7H11N5/c1-7(2,3)4-6-9-11-12(5-8)10-6/h4H2,1-3H3. The van der Waals surface area contributed by atoms with Crippen LogP contribution in [0.2, 0.25) is 0 Å². The first kappa shape index (κ1) is 8.65. The highest BCUT2D eigenvalue weighted by Crippen LogP contribution is 2.17. The van der Waals surface area contributed by atoms with Gasteiger partial charge in [0.2, 0.25) is 6.19 Å². The molecule has 5 heteroatoms. The van der Waals surface area contributed by atoms with Crippen LogP contribution in [0.5, 0.6) is 0 Å². The van der Waals surface area contributed by atoms with Crippen molar-refractivity contribution in [3.63, 3.8) is 0 Å². The average Bonchev–Trinajstić information content (AvgIpc) is 2.32. The number of aromatic nitrogens is 4. The summed E-state index contributed by atoms with van der Waals surface area (Å²) in [5, 5.41) is 19.5. The minimum absolute atomic E-state index is 0.128. The van der Waals surface area contributed by atoms with Crippen LogP contribution in [0.25, 0.3) is 0 Å². The molecule has 0 unspecified atom stereocenters. The number of rotatable bonds is 1. The molecule has 0 saturated heterocycles. The molecule has 1 rings (SSSR count). The minimum Gasteiger partial charge on any atom is -0.169 e. The molecule has 0 radical (unpaired) electrons. The summed E-state index contributed by atoms with van der Waals surface area (Å²) in [6.45, 7) is 6.25. The minimum atomic E-state index is 0.128. The Morgan fingerprint density at radius 2 is 2.17 bits per heavy atom. The molecule has 0 aliphatic rings. The Bertz CT molecular complexity index is 300. The van der Waals surface area contributed by atoms with Crippen LogP contribution in [-0.2, 0) is 6.42 Å². The number of nitrogens with zero attached hydrogens (tertiary/aromatic N) is 5. The molecule has 0 aliphatic carbocycles. The quantitative estimate of drug-likeness (QED) is 0.610. The van der Waals surface area contributed by atoms with Gasteiger partial charge in [-0.15, -0.1) is 10.2 Å². The third kappa shape index (κ3) is 2.31. The fourth-order valence-electron chi connectivity index (χ4n) is 0.831. The largest absolute Gasteiger partial charge is 0.226 e. The predicted molar refractivity (Wildman–Crippen MR) is 42.0 cm³/mol. The van der Waals surface area contributed by atoms with Gasteiger partial charge in [-0.05, 0) is 10.6 Å². The highest BCUT2D eigenvalue weighted by atomic mass is 15.6. The van der Waals surface area contributed by atoms with Crippen molar-refractivity contribution in [2.45, 2.75) is 27.2 Å². The summed E-state index contributed by atoms with van der Waals surface area (Å²) in [7, 11) is 0. The van der Waals surface area contributed by atoms with Crippen LogP contribution < -0.4 is 0 Å². The molecule has 1 heterocycles. The van der Waals surface area contributed by atoms with Crippen LogP contribution in [0.15, 0.2) is 0 Å². The highest BCUT2D eigenvalue weighted by Gasteiger charge is 2.14. The van der Waals surface area contributed by atoms with Gasteiger partial charge in [-0.1, -0.05) is 25.6 Å². The van der Waals surface area contributed by atoms with Gasteiger partial charge in [-0.2, -0.15) is 5.26 Å². The number of hydrogen-bond donors (Lipinski definition) is 0. The van der Waals surface area contributed by atoms with Crippen LogP contribution >= 0.6 is 0 Å². The Labute approximate surface area is 71.0 Å². The van der Waals surface area contributed by atoms with Gasteiger partial charge in [0.15, 0.2) is 5.82 Å². The maximum absolute atomic E-state index is 8.40. The Balaban J connectivity index is 2.72. The molecule has 1 aromatic rings. The van der Waals surface area contributed by atoms with Crippen molar-refractivity contribution >= 4 is 0 Å². The number of tetrazole rings is 1. The summed E-state index contributed by atoms with van der Waals surface area (Å²) in [4.78, 5) is 0.918. The second kappa shape index (κ2) is 2.89. The highest BCUT2D eigenvalue weighted by molar-refractivity contribution is 4.85. The fraction of sp³-hybridized carbons (Fsp3) is 0.714. The van der Waals surface area contributed by atoms with Gasteiger partial charge >= 0.3 is 0 Å². The lowest BCUT2D eigenvalue weighted by atomic mass is 9.92. The van der Waals surface area contributed by atoms with Crippen LogP contribution in [0, 0.1) is 16.9 Å². The Morgan fingerprint density at radius 3 is 2.58 bits per heavy atom. The zero-order valence-corrected chi connectivity index (χ0v) is 7.44. The molecule has 5 nitrogen and oxygen atoms in total. The van der Waals surface area contributed by atoms with Gasteiger partial charge in [-0.3, -0.25) is 0 Å². The molecule has 1 aromatic heterocycles. The Kier molecular flexibility index (Phi) is 2.09. The van der Waals surface area contributed by atoms with E-state index >= 15 is 0 Å². The third-order valence-corrected chi connectivity index (χ3v) is 1.23. The monoisotopic (exact) mass is 165 g/mol. The fourth-order valence-corrected chi connectivity index (χ4v) is 0.831. The summed E-state index contributed by atoms with van der Waals surface area (Å²) in [6, 6.07) is 0.